The first-order valence-electron chi connectivity index (χ1n) is 37.5. The number of carbonyl (C=O) groups excluding carboxylic acids is 4. The summed E-state index contributed by atoms with van der Waals surface area (Å²) in [4.78, 5) is 72.4. The van der Waals surface area contributed by atoms with E-state index < -0.39 is 97.5 Å². The van der Waals surface area contributed by atoms with Crippen LogP contribution in [0.25, 0.3) is 0 Å². The fraction of sp³-hybridized carbons (Fsp3) is 0.944. The Kier molecular flexibility index (Phi) is 62.7. The van der Waals surface area contributed by atoms with Gasteiger partial charge in [-0.05, 0) is 37.5 Å². The molecule has 5 atom stereocenters. The highest BCUT2D eigenvalue weighted by Crippen LogP contribution is 2.45. The van der Waals surface area contributed by atoms with Crippen molar-refractivity contribution in [2.45, 2.75) is 387 Å². The number of hydrogen-bond donors (Lipinski definition) is 3. The topological polar surface area (TPSA) is 237 Å². The highest BCUT2D eigenvalue weighted by molar-refractivity contribution is 7.47. The highest BCUT2D eigenvalue weighted by atomic mass is 31.2. The van der Waals surface area contributed by atoms with Crippen molar-refractivity contribution < 1.29 is 80.2 Å². The summed E-state index contributed by atoms with van der Waals surface area (Å²) in [7, 11) is -9.89. The lowest BCUT2D eigenvalue weighted by molar-refractivity contribution is -0.161. The van der Waals surface area contributed by atoms with Gasteiger partial charge in [0.1, 0.15) is 19.3 Å². The van der Waals surface area contributed by atoms with Crippen molar-refractivity contribution in [3.63, 3.8) is 0 Å². The Morgan fingerprint density at radius 3 is 0.747 bits per heavy atom. The van der Waals surface area contributed by atoms with Crippen LogP contribution in [0.2, 0.25) is 0 Å². The number of hydrogen-bond acceptors (Lipinski definition) is 15. The van der Waals surface area contributed by atoms with Gasteiger partial charge in [0.05, 0.1) is 26.4 Å². The first kappa shape index (κ1) is 89.1. The number of phosphoric acid groups is 2. The van der Waals surface area contributed by atoms with E-state index in [2.05, 4.69) is 41.5 Å². The summed E-state index contributed by atoms with van der Waals surface area (Å²) in [6.45, 7) is 9.52. The van der Waals surface area contributed by atoms with E-state index in [0.29, 0.717) is 25.7 Å². The molecule has 0 aliphatic heterocycles. The number of unbranched alkanes of at least 4 members (excludes halogenated alkanes) is 41. The van der Waals surface area contributed by atoms with Crippen molar-refractivity contribution in [2.75, 3.05) is 39.6 Å². The van der Waals surface area contributed by atoms with E-state index in [1.54, 1.807) is 0 Å². The van der Waals surface area contributed by atoms with Gasteiger partial charge < -0.3 is 33.8 Å². The molecule has 0 saturated carbocycles. The van der Waals surface area contributed by atoms with E-state index in [-0.39, 0.29) is 25.7 Å². The normalized spacial score (nSPS) is 14.1. The number of aliphatic hydroxyl groups excluding tert-OH is 1. The van der Waals surface area contributed by atoms with Crippen molar-refractivity contribution in [1.29, 1.82) is 0 Å². The third kappa shape index (κ3) is 66.5. The Balaban J connectivity index is 5.16. The van der Waals surface area contributed by atoms with Gasteiger partial charge in [0, 0.05) is 25.7 Å². The lowest BCUT2D eigenvalue weighted by atomic mass is 10.0. The van der Waals surface area contributed by atoms with Crippen LogP contribution >= 0.6 is 15.6 Å². The van der Waals surface area contributed by atoms with Gasteiger partial charge >= 0.3 is 39.5 Å². The van der Waals surface area contributed by atoms with E-state index in [4.69, 9.17) is 37.0 Å². The minimum Gasteiger partial charge on any atom is -0.462 e. The first-order chi connectivity index (χ1) is 43.9. The standard InChI is InChI=1S/C72H140O17P2/c1-7-9-11-13-14-15-16-17-21-28-33-38-44-50-56-71(76)88-67(60-82-69(74)54-48-40-12-10-8-2)62-86-90(78,79)84-58-66(73)59-85-91(80,81)87-63-68(61-83-70(75)55-49-43-37-32-27-24-23-26-31-36-42-47-53-65(5)6)89-72(77)57-51-45-39-34-29-22-19-18-20-25-30-35-41-46-52-64(3)4/h64-68,73H,7-63H2,1-6H3,(H,78,79)(H,80,81)/t66-,67+,68+/m0/s1. The van der Waals surface area contributed by atoms with Crippen LogP contribution in [0.4, 0.5) is 0 Å². The second kappa shape index (κ2) is 64.1. The molecule has 3 N–H and O–H groups in total. The van der Waals surface area contributed by atoms with Gasteiger partial charge in [-0.1, -0.05) is 318 Å². The Bertz CT molecular complexity index is 1770. The van der Waals surface area contributed by atoms with Gasteiger partial charge in [-0.25, -0.2) is 9.13 Å². The zero-order valence-corrected chi connectivity index (χ0v) is 60.9. The van der Waals surface area contributed by atoms with Gasteiger partial charge in [0.15, 0.2) is 12.2 Å². The second-order valence-electron chi connectivity index (χ2n) is 26.9. The third-order valence-electron chi connectivity index (χ3n) is 16.7. The highest BCUT2D eigenvalue weighted by Gasteiger charge is 2.30. The predicted molar refractivity (Wildman–Crippen MR) is 368 cm³/mol. The number of phosphoric ester groups is 2. The molecule has 0 saturated heterocycles. The number of esters is 4. The summed E-state index contributed by atoms with van der Waals surface area (Å²) in [5.41, 5.74) is 0. The summed E-state index contributed by atoms with van der Waals surface area (Å²) in [6, 6.07) is 0. The fourth-order valence-electron chi connectivity index (χ4n) is 10.9. The maximum Gasteiger partial charge on any atom is 0.472 e. The minimum atomic E-state index is -4.95. The average Bonchev–Trinajstić information content (AvgIpc) is 3.71. The molecule has 0 aliphatic carbocycles. The van der Waals surface area contributed by atoms with E-state index in [9.17, 15) is 43.2 Å². The molecule has 0 radical (unpaired) electrons. The second-order valence-corrected chi connectivity index (χ2v) is 29.8. The molecule has 0 aromatic rings. The minimum absolute atomic E-state index is 0.107. The molecule has 2 unspecified atom stereocenters. The van der Waals surface area contributed by atoms with Crippen LogP contribution in [0.3, 0.4) is 0 Å². The van der Waals surface area contributed by atoms with Gasteiger partial charge in [0.2, 0.25) is 0 Å². The average molecular weight is 1340 g/mol. The zero-order valence-electron chi connectivity index (χ0n) is 59.1. The van der Waals surface area contributed by atoms with Gasteiger partial charge in [-0.15, -0.1) is 0 Å². The first-order valence-corrected chi connectivity index (χ1v) is 40.5. The van der Waals surface area contributed by atoms with Gasteiger partial charge in [0.25, 0.3) is 0 Å². The van der Waals surface area contributed by atoms with Gasteiger partial charge in [-0.3, -0.25) is 37.3 Å². The van der Waals surface area contributed by atoms with Crippen LogP contribution < -0.4 is 0 Å². The summed E-state index contributed by atoms with van der Waals surface area (Å²) >= 11 is 0. The van der Waals surface area contributed by atoms with E-state index >= 15 is 0 Å². The van der Waals surface area contributed by atoms with E-state index in [1.165, 1.54) is 180 Å². The Morgan fingerprint density at radius 2 is 0.505 bits per heavy atom. The monoisotopic (exact) mass is 1340 g/mol. The molecule has 0 heterocycles. The molecule has 0 aliphatic rings. The summed E-state index contributed by atoms with van der Waals surface area (Å²) in [5.74, 6) is -0.554. The van der Waals surface area contributed by atoms with Crippen LogP contribution in [0.15, 0.2) is 0 Å². The van der Waals surface area contributed by atoms with Crippen LogP contribution in [-0.4, -0.2) is 96.7 Å². The van der Waals surface area contributed by atoms with Crippen LogP contribution in [-0.2, 0) is 65.4 Å². The molecule has 17 nitrogen and oxygen atoms in total. The largest absolute Gasteiger partial charge is 0.472 e. The van der Waals surface area contributed by atoms with Crippen molar-refractivity contribution in [3.8, 4) is 0 Å². The summed E-state index contributed by atoms with van der Waals surface area (Å²) in [5, 5.41) is 10.6. The molecule has 0 rings (SSSR count). The number of rotatable bonds is 71. The van der Waals surface area contributed by atoms with Crippen LogP contribution in [0, 0.1) is 11.8 Å². The van der Waals surface area contributed by atoms with E-state index in [0.717, 1.165) is 108 Å². The number of aliphatic hydroxyl groups is 1. The molecular weight excluding hydrogens is 1200 g/mol. The molecule has 540 valence electrons. The molecule has 0 aromatic heterocycles. The van der Waals surface area contributed by atoms with Crippen molar-refractivity contribution in [1.82, 2.24) is 0 Å². The number of ether oxygens (including phenoxy) is 4. The zero-order chi connectivity index (χ0) is 67.2. The maximum absolute atomic E-state index is 13.0. The molecule has 0 aromatic carbocycles. The number of carbonyl (C=O) groups is 4. The molecule has 0 spiro atoms. The van der Waals surface area contributed by atoms with Crippen LogP contribution in [0.1, 0.15) is 369 Å². The van der Waals surface area contributed by atoms with Gasteiger partial charge in [-0.2, -0.15) is 0 Å². The molecule has 91 heavy (non-hydrogen) atoms. The Labute approximate surface area is 556 Å². The predicted octanol–water partition coefficient (Wildman–Crippen LogP) is 20.8. The molecule has 0 fully saturated rings. The lowest BCUT2D eigenvalue weighted by Gasteiger charge is -2.21. The lowest BCUT2D eigenvalue weighted by Crippen LogP contribution is -2.30. The van der Waals surface area contributed by atoms with Crippen molar-refractivity contribution in [2.24, 2.45) is 11.8 Å². The molecule has 0 amide bonds. The Morgan fingerprint density at radius 1 is 0.297 bits per heavy atom. The molecular formula is C72H140O17P2. The molecule has 19 heteroatoms. The Hall–Kier alpha value is -1.94. The maximum atomic E-state index is 13.0. The summed E-state index contributed by atoms with van der Waals surface area (Å²) in [6.07, 6.45) is 50.2. The smallest absolute Gasteiger partial charge is 0.462 e. The van der Waals surface area contributed by atoms with Crippen LogP contribution in [0.5, 0.6) is 0 Å². The quantitative estimate of drug-likeness (QED) is 0.0222. The van der Waals surface area contributed by atoms with Crippen molar-refractivity contribution >= 4 is 39.5 Å². The summed E-state index contributed by atoms with van der Waals surface area (Å²) < 4.78 is 68.2. The van der Waals surface area contributed by atoms with Crippen molar-refractivity contribution in [3.05, 3.63) is 0 Å². The van der Waals surface area contributed by atoms with E-state index in [1.807, 2.05) is 0 Å². The SMILES string of the molecule is CCCCCCCCCCCCCCCCC(=O)O[C@H](COC(=O)CCCCCCC)COP(=O)(O)OC[C@H](O)COP(=O)(O)OC[C@@H](COC(=O)CCCCCCCCCCCCCCC(C)C)OC(=O)CCCCCCCCCCCCCCCCC(C)C. The molecule has 0 bridgehead atoms. The third-order valence-corrected chi connectivity index (χ3v) is 18.6. The fourth-order valence-corrected chi connectivity index (χ4v) is 12.5.